The van der Waals surface area contributed by atoms with Crippen LogP contribution in [0.3, 0.4) is 0 Å². The number of thiophene rings is 1. The zero-order valence-corrected chi connectivity index (χ0v) is 14.3. The molecule has 1 aromatic rings. The quantitative estimate of drug-likeness (QED) is 0.895. The van der Waals surface area contributed by atoms with E-state index in [-0.39, 0.29) is 0 Å². The van der Waals surface area contributed by atoms with Crippen LogP contribution in [0.5, 0.6) is 0 Å². The Bertz CT molecular complexity index is 438. The molecular formula is C18H30N2S. The van der Waals surface area contributed by atoms with Crippen LogP contribution < -0.4 is 5.73 Å². The highest BCUT2D eigenvalue weighted by molar-refractivity contribution is 7.12. The minimum Gasteiger partial charge on any atom is -0.329 e. The topological polar surface area (TPSA) is 29.3 Å². The summed E-state index contributed by atoms with van der Waals surface area (Å²) in [6.07, 6.45) is 11.3. The Kier molecular flexibility index (Phi) is 5.03. The van der Waals surface area contributed by atoms with Crippen molar-refractivity contribution in [2.45, 2.75) is 64.3 Å². The van der Waals surface area contributed by atoms with E-state index >= 15 is 0 Å². The fraction of sp³-hybridized carbons (Fsp3) is 0.778. The molecule has 0 aromatic carbocycles. The molecule has 2 aliphatic rings. The molecule has 1 atom stereocenters. The van der Waals surface area contributed by atoms with Crippen LogP contribution in [0.4, 0.5) is 0 Å². The van der Waals surface area contributed by atoms with E-state index in [2.05, 4.69) is 24.0 Å². The predicted octanol–water partition coefficient (Wildman–Crippen LogP) is 4.36. The molecular weight excluding hydrogens is 276 g/mol. The van der Waals surface area contributed by atoms with E-state index in [0.29, 0.717) is 11.5 Å². The largest absolute Gasteiger partial charge is 0.329 e. The Balaban J connectivity index is 1.63. The van der Waals surface area contributed by atoms with Gasteiger partial charge in [-0.3, -0.25) is 4.90 Å². The van der Waals surface area contributed by atoms with Crippen molar-refractivity contribution >= 4 is 11.3 Å². The van der Waals surface area contributed by atoms with Gasteiger partial charge in [-0.1, -0.05) is 26.2 Å². The van der Waals surface area contributed by atoms with Crippen LogP contribution >= 0.6 is 11.3 Å². The third kappa shape index (κ3) is 3.35. The molecule has 2 heterocycles. The molecule has 1 aromatic heterocycles. The van der Waals surface area contributed by atoms with E-state index in [1.165, 1.54) is 67.8 Å². The molecule has 1 aliphatic carbocycles. The molecule has 21 heavy (non-hydrogen) atoms. The summed E-state index contributed by atoms with van der Waals surface area (Å²) in [6.45, 7) is 5.50. The van der Waals surface area contributed by atoms with Crippen LogP contribution in [0, 0.1) is 5.41 Å². The average molecular weight is 307 g/mol. The number of nitrogens with two attached hydrogens (primary N) is 1. The van der Waals surface area contributed by atoms with Crippen molar-refractivity contribution in [1.82, 2.24) is 4.90 Å². The maximum absolute atomic E-state index is 6.12. The van der Waals surface area contributed by atoms with E-state index in [4.69, 9.17) is 5.73 Å². The van der Waals surface area contributed by atoms with E-state index in [1.54, 1.807) is 0 Å². The molecule has 0 radical (unpaired) electrons. The standard InChI is InChI=1S/C18H30N2S/c1-2-15-6-7-17(21-15)16(14-19)20-12-10-18(11-13-20)8-4-3-5-9-18/h6-7,16H,2-5,8-14,19H2,1H3. The van der Waals surface area contributed by atoms with Crippen molar-refractivity contribution in [3.8, 4) is 0 Å². The van der Waals surface area contributed by atoms with Gasteiger partial charge in [0, 0.05) is 16.3 Å². The molecule has 0 bridgehead atoms. The van der Waals surface area contributed by atoms with Crippen molar-refractivity contribution in [3.05, 3.63) is 21.9 Å². The number of rotatable bonds is 4. The first kappa shape index (κ1) is 15.5. The third-order valence-corrected chi connectivity index (χ3v) is 7.13. The first-order chi connectivity index (χ1) is 10.3. The van der Waals surface area contributed by atoms with Crippen LogP contribution in [0.15, 0.2) is 12.1 Å². The smallest absolute Gasteiger partial charge is 0.0564 e. The average Bonchev–Trinajstić information content (AvgIpc) is 3.00. The highest BCUT2D eigenvalue weighted by atomic mass is 32.1. The van der Waals surface area contributed by atoms with Gasteiger partial charge < -0.3 is 5.73 Å². The normalized spacial score (nSPS) is 24.3. The lowest BCUT2D eigenvalue weighted by Crippen LogP contribution is -2.44. The molecule has 1 unspecified atom stereocenters. The lowest BCUT2D eigenvalue weighted by molar-refractivity contribution is 0.0472. The lowest BCUT2D eigenvalue weighted by Gasteiger charge is -2.46. The summed E-state index contributed by atoms with van der Waals surface area (Å²) in [4.78, 5) is 5.63. The Morgan fingerprint density at radius 3 is 2.43 bits per heavy atom. The fourth-order valence-corrected chi connectivity index (χ4v) is 5.42. The van der Waals surface area contributed by atoms with Crippen LogP contribution in [0.1, 0.15) is 67.7 Å². The molecule has 3 rings (SSSR count). The minimum atomic E-state index is 0.455. The molecule has 2 nitrogen and oxygen atoms in total. The molecule has 1 saturated carbocycles. The van der Waals surface area contributed by atoms with Gasteiger partial charge >= 0.3 is 0 Å². The molecule has 118 valence electrons. The van der Waals surface area contributed by atoms with Crippen molar-refractivity contribution in [1.29, 1.82) is 0 Å². The summed E-state index contributed by atoms with van der Waals surface area (Å²) >= 11 is 1.96. The Hall–Kier alpha value is -0.380. The van der Waals surface area contributed by atoms with Gasteiger partial charge in [0.15, 0.2) is 0 Å². The zero-order valence-electron chi connectivity index (χ0n) is 13.4. The molecule has 0 amide bonds. The Morgan fingerprint density at radius 2 is 1.86 bits per heavy atom. The molecule has 1 spiro atoms. The number of likely N-dealkylation sites (tertiary alicyclic amines) is 1. The highest BCUT2D eigenvalue weighted by Gasteiger charge is 2.37. The van der Waals surface area contributed by atoms with E-state index in [1.807, 2.05) is 11.3 Å². The van der Waals surface area contributed by atoms with Crippen LogP contribution in [-0.2, 0) is 6.42 Å². The Morgan fingerprint density at radius 1 is 1.14 bits per heavy atom. The Labute approximate surface area is 133 Å². The van der Waals surface area contributed by atoms with Gasteiger partial charge in [-0.15, -0.1) is 11.3 Å². The first-order valence-corrected chi connectivity index (χ1v) is 9.61. The number of hydrogen-bond donors (Lipinski definition) is 1. The lowest BCUT2D eigenvalue weighted by atomic mass is 9.68. The second-order valence-electron chi connectivity index (χ2n) is 7.01. The van der Waals surface area contributed by atoms with E-state index in [0.717, 1.165) is 13.0 Å². The summed E-state index contributed by atoms with van der Waals surface area (Å²) < 4.78 is 0. The van der Waals surface area contributed by atoms with Crippen molar-refractivity contribution in [2.75, 3.05) is 19.6 Å². The SMILES string of the molecule is CCc1ccc(C(CN)N2CCC3(CCCCC3)CC2)s1. The van der Waals surface area contributed by atoms with E-state index in [9.17, 15) is 0 Å². The molecule has 2 fully saturated rings. The summed E-state index contributed by atoms with van der Waals surface area (Å²) in [6, 6.07) is 5.05. The highest BCUT2D eigenvalue weighted by Crippen LogP contribution is 2.45. The number of piperidine rings is 1. The van der Waals surface area contributed by atoms with Gasteiger partial charge in [0.2, 0.25) is 0 Å². The number of hydrogen-bond acceptors (Lipinski definition) is 3. The molecule has 3 heteroatoms. The van der Waals surface area contributed by atoms with Gasteiger partial charge in [-0.2, -0.15) is 0 Å². The summed E-state index contributed by atoms with van der Waals surface area (Å²) in [5, 5.41) is 0. The number of nitrogens with zero attached hydrogens (tertiary/aromatic N) is 1. The van der Waals surface area contributed by atoms with Gasteiger partial charge in [-0.05, 0) is 62.7 Å². The van der Waals surface area contributed by atoms with Crippen LogP contribution in [0.25, 0.3) is 0 Å². The van der Waals surface area contributed by atoms with Gasteiger partial charge in [0.25, 0.3) is 0 Å². The summed E-state index contributed by atoms with van der Waals surface area (Å²) in [5.41, 5.74) is 6.81. The molecule has 2 N–H and O–H groups in total. The monoisotopic (exact) mass is 306 g/mol. The van der Waals surface area contributed by atoms with Gasteiger partial charge in [0.05, 0.1) is 6.04 Å². The van der Waals surface area contributed by atoms with Crippen molar-refractivity contribution < 1.29 is 0 Å². The van der Waals surface area contributed by atoms with Crippen molar-refractivity contribution in [2.24, 2.45) is 11.1 Å². The zero-order chi connectivity index (χ0) is 14.7. The maximum Gasteiger partial charge on any atom is 0.0564 e. The van der Waals surface area contributed by atoms with Gasteiger partial charge in [0.1, 0.15) is 0 Å². The van der Waals surface area contributed by atoms with Crippen molar-refractivity contribution in [3.63, 3.8) is 0 Å². The second-order valence-corrected chi connectivity index (χ2v) is 8.21. The molecule has 1 aliphatic heterocycles. The minimum absolute atomic E-state index is 0.455. The summed E-state index contributed by atoms with van der Waals surface area (Å²) in [7, 11) is 0. The van der Waals surface area contributed by atoms with Crippen LogP contribution in [0.2, 0.25) is 0 Å². The predicted molar refractivity (Wildman–Crippen MR) is 91.8 cm³/mol. The van der Waals surface area contributed by atoms with Crippen LogP contribution in [-0.4, -0.2) is 24.5 Å². The maximum atomic E-state index is 6.12. The fourth-order valence-electron chi connectivity index (χ4n) is 4.32. The first-order valence-electron chi connectivity index (χ1n) is 8.79. The van der Waals surface area contributed by atoms with E-state index < -0.39 is 0 Å². The summed E-state index contributed by atoms with van der Waals surface area (Å²) in [5.74, 6) is 0. The number of aryl methyl sites for hydroxylation is 1. The van der Waals surface area contributed by atoms with Gasteiger partial charge in [-0.25, -0.2) is 0 Å². The second kappa shape index (κ2) is 6.80. The third-order valence-electron chi connectivity index (χ3n) is 5.80. The molecule has 1 saturated heterocycles.